The van der Waals surface area contributed by atoms with E-state index in [2.05, 4.69) is 24.7 Å². The number of hydroxylamine groups is 2. The number of thiazole rings is 1. The number of aliphatic imine (C=N–C) groups is 1. The van der Waals surface area contributed by atoms with E-state index in [1.807, 2.05) is 18.1 Å². The molecule has 1 aromatic heterocycles. The van der Waals surface area contributed by atoms with Gasteiger partial charge in [0.05, 0.1) is 5.54 Å². The summed E-state index contributed by atoms with van der Waals surface area (Å²) in [7, 11) is -3.10. The Hall–Kier alpha value is -4.67. The molecule has 21 heteroatoms. The van der Waals surface area contributed by atoms with Crippen LogP contribution >= 0.6 is 11.3 Å². The lowest BCUT2D eigenvalue weighted by molar-refractivity contribution is -0.218. The fourth-order valence-electron chi connectivity index (χ4n) is 4.37. The number of allylic oxidation sites excluding steroid dienone is 1. The van der Waals surface area contributed by atoms with Gasteiger partial charge in [0.1, 0.15) is 24.1 Å². The molecule has 9 N–H and O–H groups in total. The summed E-state index contributed by atoms with van der Waals surface area (Å²) in [5.41, 5.74) is 16.5. The Morgan fingerprint density at radius 3 is 2.46 bits per heavy atom. The van der Waals surface area contributed by atoms with Gasteiger partial charge < -0.3 is 42.1 Å². The standard InChI is InChI=1S/C29H41N9O10S2/c1-29(2)24(26(40)38(29)48-50(43,44)45)35-25(39)23(21-17-49-28(32)34-21)36-47-22(27(41)42)16-46-20-8-6-18(7-9-20)19(14-33-12-4-10-30)15-37(3)13-5-11-31/h6-9,14-15,17,22,24H,4-5,10-13,16,30-31H2,1-3H3,(H2,32,34)(H,35,39)(H,41,42)(H,43,44,45)/b19-15+,33-14+,36-23-/t22-,24+/m0/s1. The van der Waals surface area contributed by atoms with Crippen molar-refractivity contribution in [1.29, 1.82) is 0 Å². The number of nitrogens with zero attached hydrogens (tertiary/aromatic N) is 5. The maximum Gasteiger partial charge on any atom is 0.418 e. The number of oxime groups is 1. The highest BCUT2D eigenvalue weighted by Gasteiger charge is 2.58. The van der Waals surface area contributed by atoms with Gasteiger partial charge in [-0.1, -0.05) is 17.3 Å². The van der Waals surface area contributed by atoms with Gasteiger partial charge in [-0.25, -0.2) is 9.78 Å². The minimum atomic E-state index is -5.03. The maximum absolute atomic E-state index is 13.3. The number of β-lactam (4-membered cyclic amide) rings is 1. The number of nitrogens with one attached hydrogen (secondary N) is 1. The summed E-state index contributed by atoms with van der Waals surface area (Å²) in [5, 5.41) is 17.7. The number of nitrogens with two attached hydrogens (primary N) is 3. The number of aliphatic carboxylic acids is 1. The molecule has 0 saturated carbocycles. The average molecular weight is 740 g/mol. The van der Waals surface area contributed by atoms with Crippen molar-refractivity contribution in [1.82, 2.24) is 20.3 Å². The van der Waals surface area contributed by atoms with Gasteiger partial charge in [0, 0.05) is 43.5 Å². The second kappa shape index (κ2) is 17.8. The number of carboxylic acids is 1. The molecule has 2 heterocycles. The Morgan fingerprint density at radius 2 is 1.90 bits per heavy atom. The number of nitrogen functional groups attached to an aromatic ring is 1. The summed E-state index contributed by atoms with van der Waals surface area (Å²) in [5.74, 6) is -3.17. The number of carboxylic acid groups (broad SMARTS) is 1. The molecule has 2 atom stereocenters. The summed E-state index contributed by atoms with van der Waals surface area (Å²) in [6.07, 6.45) is 3.55. The number of hydrogen-bond acceptors (Lipinski definition) is 16. The van der Waals surface area contributed by atoms with Crippen LogP contribution in [0.15, 0.2) is 46.0 Å². The molecule has 1 fully saturated rings. The van der Waals surface area contributed by atoms with Gasteiger partial charge in [0.25, 0.3) is 17.9 Å². The highest BCUT2D eigenvalue weighted by molar-refractivity contribution is 7.80. The van der Waals surface area contributed by atoms with E-state index in [9.17, 15) is 27.9 Å². The van der Waals surface area contributed by atoms with Crippen molar-refractivity contribution in [2.24, 2.45) is 21.6 Å². The van der Waals surface area contributed by atoms with Crippen LogP contribution in [0.2, 0.25) is 0 Å². The number of benzene rings is 1. The highest BCUT2D eigenvalue weighted by atomic mass is 32.3. The molecule has 1 aliphatic rings. The number of amides is 2. The van der Waals surface area contributed by atoms with Gasteiger partial charge in [0.2, 0.25) is 0 Å². The van der Waals surface area contributed by atoms with E-state index in [0.29, 0.717) is 30.4 Å². The number of rotatable bonds is 20. The lowest BCUT2D eigenvalue weighted by atomic mass is 9.84. The average Bonchev–Trinajstić information content (AvgIpc) is 3.49. The quantitative estimate of drug-likeness (QED) is 0.0339. The van der Waals surface area contributed by atoms with Crippen molar-refractivity contribution < 1.29 is 46.3 Å². The highest BCUT2D eigenvalue weighted by Crippen LogP contribution is 2.33. The van der Waals surface area contributed by atoms with Gasteiger partial charge in [-0.15, -0.1) is 15.6 Å². The topological polar surface area (TPSA) is 288 Å². The smallest absolute Gasteiger partial charge is 0.418 e. The SMILES string of the molecule is CN(/C=C(\C=N\CCCN)c1ccc(OC[C@H](O/N=C(\C(=O)N[C@@H]2C(=O)N(OS(=O)(=O)O)C2(C)C)c2csc(N)n2)C(=O)O)cc1)CCCN. The van der Waals surface area contributed by atoms with E-state index < -0.39 is 58.2 Å². The monoisotopic (exact) mass is 739 g/mol. The Kier molecular flexibility index (Phi) is 14.2. The van der Waals surface area contributed by atoms with Gasteiger partial charge >= 0.3 is 16.4 Å². The number of anilines is 1. The first-order chi connectivity index (χ1) is 23.6. The molecule has 2 aromatic rings. The third-order valence-corrected chi connectivity index (χ3v) is 8.04. The molecule has 0 spiro atoms. The lowest BCUT2D eigenvalue weighted by Crippen LogP contribution is -2.76. The Balaban J connectivity index is 1.74. The van der Waals surface area contributed by atoms with Crippen molar-refractivity contribution in [2.45, 2.75) is 44.4 Å². The van der Waals surface area contributed by atoms with Gasteiger partial charge in [-0.05, 0) is 57.5 Å². The third kappa shape index (κ3) is 11.2. The Morgan fingerprint density at radius 1 is 1.22 bits per heavy atom. The molecule has 19 nitrogen and oxygen atoms in total. The zero-order valence-corrected chi connectivity index (χ0v) is 29.2. The Labute approximate surface area is 292 Å². The van der Waals surface area contributed by atoms with Gasteiger partial charge in [-0.2, -0.15) is 13.5 Å². The first-order valence-corrected chi connectivity index (χ1v) is 17.4. The van der Waals surface area contributed by atoms with Crippen LogP contribution in [-0.4, -0.2) is 120 Å². The zero-order chi connectivity index (χ0) is 37.1. The number of carbonyl (C=O) groups is 3. The summed E-state index contributed by atoms with van der Waals surface area (Å²) >= 11 is 0.955. The molecule has 0 aliphatic carbocycles. The summed E-state index contributed by atoms with van der Waals surface area (Å²) in [6, 6.07) is 5.51. The third-order valence-electron chi connectivity index (χ3n) is 7.03. The van der Waals surface area contributed by atoms with Crippen molar-refractivity contribution in [3.63, 3.8) is 0 Å². The molecule has 0 bridgehead atoms. The molecule has 1 aliphatic heterocycles. The van der Waals surface area contributed by atoms with E-state index in [1.54, 1.807) is 30.5 Å². The van der Waals surface area contributed by atoms with Crippen LogP contribution in [0, 0.1) is 0 Å². The van der Waals surface area contributed by atoms with Crippen LogP contribution < -0.4 is 27.3 Å². The van der Waals surface area contributed by atoms with Crippen LogP contribution in [0.5, 0.6) is 5.75 Å². The molecule has 0 radical (unpaired) electrons. The first-order valence-electron chi connectivity index (χ1n) is 15.1. The van der Waals surface area contributed by atoms with Crippen LogP contribution in [0.25, 0.3) is 5.57 Å². The second-order valence-electron chi connectivity index (χ2n) is 11.4. The first kappa shape index (κ1) is 39.8. The van der Waals surface area contributed by atoms with Crippen LogP contribution in [-0.2, 0) is 33.9 Å². The van der Waals surface area contributed by atoms with E-state index in [0.717, 1.165) is 41.9 Å². The molecule has 1 aromatic carbocycles. The molecular weight excluding hydrogens is 699 g/mol. The van der Waals surface area contributed by atoms with Crippen LogP contribution in [0.1, 0.15) is 37.9 Å². The molecular formula is C29H41N9O10S2. The number of aromatic nitrogens is 1. The summed E-state index contributed by atoms with van der Waals surface area (Å²) in [6.45, 7) is 4.60. The van der Waals surface area contributed by atoms with E-state index in [-0.39, 0.29) is 10.8 Å². The maximum atomic E-state index is 13.3. The molecule has 1 saturated heterocycles. The molecule has 3 rings (SSSR count). The molecule has 50 heavy (non-hydrogen) atoms. The normalized spacial score (nSPS) is 17.0. The summed E-state index contributed by atoms with van der Waals surface area (Å²) in [4.78, 5) is 53.5. The minimum absolute atomic E-state index is 0.0527. The zero-order valence-electron chi connectivity index (χ0n) is 27.6. The minimum Gasteiger partial charge on any atom is -0.489 e. The van der Waals surface area contributed by atoms with E-state index in [1.165, 1.54) is 19.2 Å². The fraction of sp³-hybridized carbons (Fsp3) is 0.448. The van der Waals surface area contributed by atoms with Crippen molar-refractivity contribution in [3.05, 3.63) is 47.1 Å². The van der Waals surface area contributed by atoms with Crippen LogP contribution in [0.4, 0.5) is 5.13 Å². The van der Waals surface area contributed by atoms with E-state index >= 15 is 0 Å². The second-order valence-corrected chi connectivity index (χ2v) is 13.3. The molecule has 274 valence electrons. The predicted molar refractivity (Wildman–Crippen MR) is 184 cm³/mol. The number of carbonyl (C=O) groups excluding carboxylic acids is 2. The molecule has 0 unspecified atom stereocenters. The Bertz CT molecular complexity index is 1690. The van der Waals surface area contributed by atoms with Gasteiger partial charge in [0.15, 0.2) is 10.8 Å². The lowest BCUT2D eigenvalue weighted by Gasteiger charge is -2.50. The predicted octanol–water partition coefficient (Wildman–Crippen LogP) is -0.141. The fourth-order valence-corrected chi connectivity index (χ4v) is 5.37. The van der Waals surface area contributed by atoms with Crippen molar-refractivity contribution >= 4 is 62.2 Å². The van der Waals surface area contributed by atoms with E-state index in [4.69, 9.17) is 31.3 Å². The molecule has 2 amide bonds. The summed E-state index contributed by atoms with van der Waals surface area (Å²) < 4.78 is 41.2. The van der Waals surface area contributed by atoms with Crippen LogP contribution in [0.3, 0.4) is 0 Å². The van der Waals surface area contributed by atoms with Crippen molar-refractivity contribution in [2.75, 3.05) is 45.6 Å². The largest absolute Gasteiger partial charge is 0.489 e. The van der Waals surface area contributed by atoms with Crippen molar-refractivity contribution in [3.8, 4) is 5.75 Å². The van der Waals surface area contributed by atoms with Gasteiger partial charge in [-0.3, -0.25) is 19.1 Å². The number of hydrogen-bond donors (Lipinski definition) is 6. The number of ether oxygens (including phenoxy) is 1.